The third kappa shape index (κ3) is 13.0. The molecule has 0 radical (unpaired) electrons. The lowest BCUT2D eigenvalue weighted by atomic mass is 10.00. The predicted molar refractivity (Wildman–Crippen MR) is 61.8 cm³/mol. The van der Waals surface area contributed by atoms with Crippen LogP contribution in [0.25, 0.3) is 0 Å². The maximum Gasteiger partial charge on any atom is 0.0645 e. The van der Waals surface area contributed by atoms with Gasteiger partial charge in [-0.15, -0.1) is 49.6 Å². The molecule has 0 aliphatic carbocycles. The summed E-state index contributed by atoms with van der Waals surface area (Å²) < 4.78 is 0. The molecule has 13 heavy (non-hydrogen) atoms. The molecule has 0 fully saturated rings. The molecule has 8 heteroatoms. The average molecular weight is 281 g/mol. The summed E-state index contributed by atoms with van der Waals surface area (Å²) in [5, 5.41) is 25.4. The van der Waals surface area contributed by atoms with Crippen LogP contribution in [-0.4, -0.2) is 40.7 Å². The van der Waals surface area contributed by atoms with E-state index in [0.29, 0.717) is 0 Å². The SMILES string of the molecule is Cl.Cl.Cl.Cl.NC(CO)(CO)CCO. The summed E-state index contributed by atoms with van der Waals surface area (Å²) in [6.07, 6.45) is 0.222. The fraction of sp³-hybridized carbons (Fsp3) is 1.00. The number of halogens is 4. The molecule has 0 bridgehead atoms. The molecule has 0 aliphatic rings. The van der Waals surface area contributed by atoms with E-state index in [2.05, 4.69) is 0 Å². The minimum Gasteiger partial charge on any atom is -0.396 e. The third-order valence-electron chi connectivity index (χ3n) is 1.24. The van der Waals surface area contributed by atoms with E-state index in [9.17, 15) is 0 Å². The molecule has 0 saturated carbocycles. The number of nitrogens with two attached hydrogens (primary N) is 1. The Morgan fingerprint density at radius 3 is 1.23 bits per heavy atom. The molecule has 0 heterocycles. The smallest absolute Gasteiger partial charge is 0.0645 e. The van der Waals surface area contributed by atoms with Crippen molar-refractivity contribution in [1.29, 1.82) is 0 Å². The lowest BCUT2D eigenvalue weighted by Gasteiger charge is -2.22. The summed E-state index contributed by atoms with van der Waals surface area (Å²) >= 11 is 0. The van der Waals surface area contributed by atoms with Gasteiger partial charge in [-0.2, -0.15) is 0 Å². The van der Waals surface area contributed by atoms with Crippen molar-refractivity contribution in [2.75, 3.05) is 19.8 Å². The van der Waals surface area contributed by atoms with E-state index < -0.39 is 5.54 Å². The summed E-state index contributed by atoms with van der Waals surface area (Å²) in [6, 6.07) is 0. The molecule has 5 N–H and O–H groups in total. The van der Waals surface area contributed by atoms with Crippen LogP contribution >= 0.6 is 49.6 Å². The van der Waals surface area contributed by atoms with Crippen molar-refractivity contribution in [1.82, 2.24) is 0 Å². The zero-order chi connectivity index (χ0) is 7.33. The van der Waals surface area contributed by atoms with Crippen molar-refractivity contribution < 1.29 is 15.3 Å². The average Bonchev–Trinajstić information content (AvgIpc) is 1.89. The standard InChI is InChI=1S/C5H13NO3.4ClH/c6-5(3-8,4-9)1-2-7;;;;/h7-9H,1-4,6H2;4*1H. The zero-order valence-corrected chi connectivity index (χ0v) is 10.1. The van der Waals surface area contributed by atoms with Gasteiger partial charge in [0.1, 0.15) is 0 Å². The zero-order valence-electron chi connectivity index (χ0n) is 6.88. The van der Waals surface area contributed by atoms with E-state index in [1.807, 2.05) is 0 Å². The minimum absolute atomic E-state index is 0. The molecule has 0 rings (SSSR count). The van der Waals surface area contributed by atoms with Crippen molar-refractivity contribution >= 4 is 49.6 Å². The lowest BCUT2D eigenvalue weighted by molar-refractivity contribution is 0.0967. The molecule has 4 nitrogen and oxygen atoms in total. The van der Waals surface area contributed by atoms with Gasteiger partial charge >= 0.3 is 0 Å². The molecule has 0 atom stereocenters. The van der Waals surface area contributed by atoms with Crippen molar-refractivity contribution in [3.05, 3.63) is 0 Å². The van der Waals surface area contributed by atoms with Crippen molar-refractivity contribution in [2.45, 2.75) is 12.0 Å². The van der Waals surface area contributed by atoms with E-state index in [4.69, 9.17) is 21.1 Å². The van der Waals surface area contributed by atoms with Gasteiger partial charge in [-0.3, -0.25) is 0 Å². The van der Waals surface area contributed by atoms with Crippen LogP contribution in [0.3, 0.4) is 0 Å². The topological polar surface area (TPSA) is 86.7 Å². The highest BCUT2D eigenvalue weighted by Gasteiger charge is 2.21. The Bertz CT molecular complexity index is 84.2. The van der Waals surface area contributed by atoms with Crippen molar-refractivity contribution in [2.24, 2.45) is 5.73 Å². The van der Waals surface area contributed by atoms with Crippen LogP contribution in [0, 0.1) is 0 Å². The van der Waals surface area contributed by atoms with Crippen LogP contribution < -0.4 is 5.73 Å². The summed E-state index contributed by atoms with van der Waals surface area (Å²) in [5.41, 5.74) is 4.34. The Morgan fingerprint density at radius 2 is 1.15 bits per heavy atom. The Balaban J connectivity index is -0.0000000533. The van der Waals surface area contributed by atoms with E-state index in [1.54, 1.807) is 0 Å². The molecule has 0 amide bonds. The first kappa shape index (κ1) is 29.2. The molecule has 0 unspecified atom stereocenters. The van der Waals surface area contributed by atoms with Gasteiger partial charge in [-0.25, -0.2) is 0 Å². The fourth-order valence-corrected chi connectivity index (χ4v) is 0.431. The van der Waals surface area contributed by atoms with Gasteiger partial charge in [0.25, 0.3) is 0 Å². The number of aliphatic hydroxyl groups excluding tert-OH is 3. The lowest BCUT2D eigenvalue weighted by Crippen LogP contribution is -2.47. The highest BCUT2D eigenvalue weighted by atomic mass is 35.5. The molecule has 0 aromatic heterocycles. The quantitative estimate of drug-likeness (QED) is 0.571. The van der Waals surface area contributed by atoms with Crippen LogP contribution in [0.15, 0.2) is 0 Å². The van der Waals surface area contributed by atoms with Gasteiger partial charge in [-0.05, 0) is 6.42 Å². The first-order valence-corrected chi connectivity index (χ1v) is 2.80. The Labute approximate surface area is 103 Å². The van der Waals surface area contributed by atoms with E-state index >= 15 is 0 Å². The number of rotatable bonds is 4. The second kappa shape index (κ2) is 15.5. The number of hydrogen-bond acceptors (Lipinski definition) is 4. The van der Waals surface area contributed by atoms with Gasteiger partial charge in [0.05, 0.1) is 18.8 Å². The van der Waals surface area contributed by atoms with Gasteiger partial charge in [-0.1, -0.05) is 0 Å². The second-order valence-corrected chi connectivity index (χ2v) is 2.15. The van der Waals surface area contributed by atoms with E-state index in [-0.39, 0.29) is 75.9 Å². The largest absolute Gasteiger partial charge is 0.396 e. The molecule has 0 aliphatic heterocycles. The molecular formula is C5H17Cl4NO3. The molecule has 0 saturated heterocycles. The van der Waals surface area contributed by atoms with Crippen molar-refractivity contribution in [3.63, 3.8) is 0 Å². The minimum atomic E-state index is -1.01. The molecule has 88 valence electrons. The molecule has 0 aromatic rings. The third-order valence-corrected chi connectivity index (χ3v) is 1.24. The fourth-order valence-electron chi connectivity index (χ4n) is 0.431. The Morgan fingerprint density at radius 1 is 0.846 bits per heavy atom. The monoisotopic (exact) mass is 279 g/mol. The van der Waals surface area contributed by atoms with Gasteiger partial charge in [0.2, 0.25) is 0 Å². The highest BCUT2D eigenvalue weighted by Crippen LogP contribution is 2.02. The van der Waals surface area contributed by atoms with Gasteiger partial charge in [0, 0.05) is 6.61 Å². The normalized spacial score (nSPS) is 8.31. The van der Waals surface area contributed by atoms with E-state index in [1.165, 1.54) is 0 Å². The van der Waals surface area contributed by atoms with E-state index in [0.717, 1.165) is 0 Å². The van der Waals surface area contributed by atoms with Gasteiger partial charge < -0.3 is 21.1 Å². The predicted octanol–water partition coefficient (Wildman–Crippen LogP) is -0.262. The first-order chi connectivity index (χ1) is 4.18. The number of aliphatic hydroxyl groups is 3. The van der Waals surface area contributed by atoms with Crippen molar-refractivity contribution in [3.8, 4) is 0 Å². The Kier molecular flexibility index (Phi) is 34.8. The second-order valence-electron chi connectivity index (χ2n) is 2.15. The highest BCUT2D eigenvalue weighted by molar-refractivity contribution is 5.86. The number of hydrogen-bond donors (Lipinski definition) is 4. The molecule has 0 aromatic carbocycles. The van der Waals surface area contributed by atoms with Crippen LogP contribution in [0.5, 0.6) is 0 Å². The first-order valence-electron chi connectivity index (χ1n) is 2.80. The molecular weight excluding hydrogens is 264 g/mol. The van der Waals surface area contributed by atoms with Crippen LogP contribution in [0.1, 0.15) is 6.42 Å². The van der Waals surface area contributed by atoms with Gasteiger partial charge in [0.15, 0.2) is 0 Å². The maximum absolute atomic E-state index is 8.52. The van der Waals surface area contributed by atoms with Crippen LogP contribution in [-0.2, 0) is 0 Å². The van der Waals surface area contributed by atoms with Crippen LogP contribution in [0.4, 0.5) is 0 Å². The molecule has 0 spiro atoms. The summed E-state index contributed by atoms with van der Waals surface area (Å²) in [5.74, 6) is 0. The summed E-state index contributed by atoms with van der Waals surface area (Å²) in [6.45, 7) is -0.717. The maximum atomic E-state index is 8.52. The summed E-state index contributed by atoms with van der Waals surface area (Å²) in [4.78, 5) is 0. The van der Waals surface area contributed by atoms with Crippen LogP contribution in [0.2, 0.25) is 0 Å². The summed E-state index contributed by atoms with van der Waals surface area (Å²) in [7, 11) is 0. The Hall–Kier alpha value is 1.000.